The molecule has 4 aromatic rings. The maximum absolute atomic E-state index is 13.6. The first kappa shape index (κ1) is 63.0. The van der Waals surface area contributed by atoms with Gasteiger partial charge in [0.05, 0.1) is 18.8 Å². The molecule has 1 amide bonds. The van der Waals surface area contributed by atoms with Gasteiger partial charge in [-0.1, -0.05) is 147 Å². The predicted molar refractivity (Wildman–Crippen MR) is 313 cm³/mol. The minimum Gasteiger partial charge on any atom is -0.451 e. The number of esters is 1. The third-order valence-corrected chi connectivity index (χ3v) is 36.5. The molecule has 440 valence electrons. The van der Waals surface area contributed by atoms with E-state index in [1.54, 1.807) is 48.5 Å². The summed E-state index contributed by atoms with van der Waals surface area (Å²) >= 11 is 0. The van der Waals surface area contributed by atoms with Gasteiger partial charge in [-0.05, 0) is 80.7 Å². The second-order valence-electron chi connectivity index (χ2n) is 23.8. The monoisotopic (exact) mass is 1180 g/mol. The number of nitrogen functional groups attached to an aromatic ring is 1. The van der Waals surface area contributed by atoms with E-state index in [1.807, 2.05) is 12.1 Å². The third-order valence-electron chi connectivity index (χ3n) is 16.0. The highest BCUT2D eigenvalue weighted by atomic mass is 28.5. The lowest BCUT2D eigenvalue weighted by Gasteiger charge is -2.51. The maximum Gasteiger partial charge on any atom is 0.351 e. The van der Waals surface area contributed by atoms with Crippen molar-refractivity contribution in [2.24, 2.45) is 0 Å². The summed E-state index contributed by atoms with van der Waals surface area (Å²) in [5.41, 5.74) is 6.08. The van der Waals surface area contributed by atoms with Crippen LogP contribution in [0.5, 0.6) is 0 Å². The van der Waals surface area contributed by atoms with Gasteiger partial charge in [0.2, 0.25) is 0 Å². The number of aliphatic hydroxyl groups excluding tert-OH is 1. The van der Waals surface area contributed by atoms with E-state index in [2.05, 4.69) is 126 Å². The van der Waals surface area contributed by atoms with Gasteiger partial charge in [-0.25, -0.2) is 14.4 Å². The van der Waals surface area contributed by atoms with Crippen molar-refractivity contribution in [1.82, 2.24) is 19.1 Å². The lowest BCUT2D eigenvalue weighted by Crippen LogP contribution is -2.66. The summed E-state index contributed by atoms with van der Waals surface area (Å²) in [5.74, 6) is -0.781. The minimum atomic E-state index is -3.13. The fourth-order valence-corrected chi connectivity index (χ4v) is 34.1. The second-order valence-corrected chi connectivity index (χ2v) is 41.5. The summed E-state index contributed by atoms with van der Waals surface area (Å²) < 4.78 is 63.6. The second kappa shape index (κ2) is 25.5. The Morgan fingerprint density at radius 3 is 1.45 bits per heavy atom. The Balaban J connectivity index is 0.000000251. The Bertz CT molecular complexity index is 2830. The van der Waals surface area contributed by atoms with Crippen molar-refractivity contribution in [3.8, 4) is 0 Å². The van der Waals surface area contributed by atoms with Crippen molar-refractivity contribution in [1.29, 1.82) is 0 Å². The van der Waals surface area contributed by atoms with Crippen LogP contribution in [-0.4, -0.2) is 120 Å². The van der Waals surface area contributed by atoms with Gasteiger partial charge in [-0.3, -0.25) is 13.9 Å². The Morgan fingerprint density at radius 1 is 0.575 bits per heavy atom. The number of nitrogens with zero attached hydrogens (tertiary/aromatic N) is 4. The van der Waals surface area contributed by atoms with Crippen LogP contribution in [-0.2, 0) is 40.1 Å². The van der Waals surface area contributed by atoms with Crippen molar-refractivity contribution in [2.75, 3.05) is 24.3 Å². The van der Waals surface area contributed by atoms with Crippen molar-refractivity contribution in [2.45, 2.75) is 204 Å². The molecule has 4 aliphatic rings. The van der Waals surface area contributed by atoms with E-state index in [9.17, 15) is 24.3 Å². The van der Waals surface area contributed by atoms with Gasteiger partial charge in [0.15, 0.2) is 18.6 Å². The van der Waals surface area contributed by atoms with Crippen LogP contribution in [0.4, 0.5) is 11.6 Å². The molecule has 0 radical (unpaired) electrons. The molecule has 4 N–H and O–H groups in total. The summed E-state index contributed by atoms with van der Waals surface area (Å²) in [5, 5.41) is 13.9. The number of aromatic nitrogens is 4. The molecule has 0 aliphatic carbocycles. The fraction of sp³-hybridized carbons (Fsp3) is 0.607. The first-order valence-corrected chi connectivity index (χ1v) is 36.1. The van der Waals surface area contributed by atoms with Crippen LogP contribution in [0.15, 0.2) is 94.8 Å². The molecule has 0 saturated carbocycles. The highest BCUT2D eigenvalue weighted by molar-refractivity contribution is 6.84. The Hall–Kier alpha value is -4.55. The molecule has 0 unspecified atom stereocenters. The van der Waals surface area contributed by atoms with E-state index in [1.165, 1.54) is 33.7 Å². The normalized spacial score (nSPS) is 26.1. The summed E-state index contributed by atoms with van der Waals surface area (Å²) in [4.78, 5) is 60.3. The number of carbonyl (C=O) groups excluding carboxylic acids is 2. The van der Waals surface area contributed by atoms with Crippen LogP contribution in [0.2, 0.25) is 44.3 Å². The molecule has 0 bridgehead atoms. The zero-order valence-electron chi connectivity index (χ0n) is 49.4. The molecule has 24 heteroatoms. The summed E-state index contributed by atoms with van der Waals surface area (Å²) in [6.45, 7) is 34.4. The molecular formula is C56H86N6O14Si4. The number of fused-ring (bicyclic) bond motifs is 2. The van der Waals surface area contributed by atoms with Gasteiger partial charge < -0.3 is 56.3 Å². The van der Waals surface area contributed by atoms with Gasteiger partial charge in [0.1, 0.15) is 42.2 Å². The van der Waals surface area contributed by atoms with Gasteiger partial charge in [-0.15, -0.1) is 0 Å². The highest BCUT2D eigenvalue weighted by Crippen LogP contribution is 2.51. The van der Waals surface area contributed by atoms with E-state index in [-0.39, 0.29) is 69.2 Å². The minimum absolute atomic E-state index is 0.0191. The molecule has 8 atom stereocenters. The molecule has 8 rings (SSSR count). The molecule has 4 saturated heterocycles. The summed E-state index contributed by atoms with van der Waals surface area (Å²) in [6.07, 6.45) is -3.85. The molecule has 6 heterocycles. The average Bonchev–Trinajstić information content (AvgIpc) is 4.08. The molecule has 20 nitrogen and oxygen atoms in total. The zero-order valence-corrected chi connectivity index (χ0v) is 53.4. The zero-order chi connectivity index (χ0) is 58.8. The van der Waals surface area contributed by atoms with E-state index >= 15 is 0 Å². The number of ether oxygens (including phenoxy) is 3. The summed E-state index contributed by atoms with van der Waals surface area (Å²) in [7, 11) is -11.6. The topological polar surface area (TPSA) is 245 Å². The largest absolute Gasteiger partial charge is 0.451 e. The van der Waals surface area contributed by atoms with Gasteiger partial charge >= 0.3 is 51.6 Å². The van der Waals surface area contributed by atoms with E-state index < -0.39 is 107 Å². The van der Waals surface area contributed by atoms with Crippen LogP contribution in [0.3, 0.4) is 0 Å². The number of rotatable bonds is 14. The highest BCUT2D eigenvalue weighted by Gasteiger charge is 2.64. The van der Waals surface area contributed by atoms with Crippen LogP contribution >= 0.6 is 0 Å². The quantitative estimate of drug-likeness (QED) is 0.0785. The Kier molecular flexibility index (Phi) is 20.1. The van der Waals surface area contributed by atoms with Gasteiger partial charge in [-0.2, -0.15) is 9.97 Å². The number of anilines is 2. The molecule has 2 aromatic heterocycles. The first-order valence-electron chi connectivity index (χ1n) is 28.2. The van der Waals surface area contributed by atoms with E-state index in [4.69, 9.17) is 45.9 Å². The Labute approximate surface area is 475 Å². The number of hydrogen-bond donors (Lipinski definition) is 3. The number of nitrogens with one attached hydrogen (secondary N) is 1. The van der Waals surface area contributed by atoms with Crippen LogP contribution in [0.25, 0.3) is 0 Å². The number of benzene rings is 2. The molecular weight excluding hydrogens is 1090 g/mol. The number of amides is 1. The fourth-order valence-electron chi connectivity index (χ4n) is 11.7. The Morgan fingerprint density at radius 2 is 0.988 bits per heavy atom. The molecule has 80 heavy (non-hydrogen) atoms. The predicted octanol–water partition coefficient (Wildman–Crippen LogP) is 9.62. The van der Waals surface area contributed by atoms with E-state index in [0.717, 1.165) is 0 Å². The van der Waals surface area contributed by atoms with Crippen molar-refractivity contribution < 1.29 is 54.8 Å². The van der Waals surface area contributed by atoms with Gasteiger partial charge in [0, 0.05) is 18.0 Å². The van der Waals surface area contributed by atoms with Crippen molar-refractivity contribution >= 4 is 57.8 Å². The smallest absolute Gasteiger partial charge is 0.351 e. The lowest BCUT2D eigenvalue weighted by molar-refractivity contribution is -0.0625. The first-order chi connectivity index (χ1) is 37.6. The standard InChI is InChI=1S/C35H47N3O8Si2.C21H39N3O6Si2/c1-22(2)47(23(3)4)42-21-28-30(45-48(46-47,24(5)6)25(7)8)31(44-34(40)27-17-13-10-14-18-27)33(43-28)38-20-19-29(37-35(38)41)36-32(39)26-15-11-9-12-16-26;1-12(2)31(13(3)4)27-11-16-19(29-32(30-31,14(5)6)15(7)8)18(25)20(28-16)24-10-9-17(22)23-21(24)26/h9-20,22-25,28,30-31,33H,21H2,1-8H3,(H,36,37,39,41);9-10,12-16,18-20,25H,11H2,1-8H3,(H2,22,23,26)/t28-,30-,31+,33-;16-,18+,19-,20-/m11/s1. The molecule has 0 spiro atoms. The van der Waals surface area contributed by atoms with E-state index in [0.29, 0.717) is 11.1 Å². The van der Waals surface area contributed by atoms with Crippen LogP contribution in [0, 0.1) is 0 Å². The maximum atomic E-state index is 13.6. The number of carbonyl (C=O) groups is 2. The van der Waals surface area contributed by atoms with Crippen LogP contribution < -0.4 is 22.4 Å². The summed E-state index contributed by atoms with van der Waals surface area (Å²) in [6, 6.07) is 20.3. The lowest BCUT2D eigenvalue weighted by atomic mass is 10.1. The number of aliphatic hydroxyl groups is 1. The molecule has 2 aromatic carbocycles. The third kappa shape index (κ3) is 12.5. The molecule has 4 fully saturated rings. The number of nitrogens with two attached hydrogens (primary N) is 1. The van der Waals surface area contributed by atoms with Crippen molar-refractivity contribution in [3.63, 3.8) is 0 Å². The average molecular weight is 1180 g/mol. The van der Waals surface area contributed by atoms with Gasteiger partial charge in [0.25, 0.3) is 5.91 Å². The SMILES string of the molecule is CC(C)[Si]1(C(C)C)OC[C@H]2O[C@@H](n3ccc(N)nc3=O)[C@@H](O)[C@@H]2O[Si](C(C)C)(C(C)C)O1.CC(C)[Si]1(C(C)C)OC[C@H]2O[C@@H](n3ccc(NC(=O)c4ccccc4)nc3=O)[C@@H](OC(=O)c3ccccc3)[C@@H]2O[Si](C(C)C)(C(C)C)O1. The molecule has 4 aliphatic heterocycles. The number of hydrogen-bond acceptors (Lipinski definition) is 17. The van der Waals surface area contributed by atoms with Crippen molar-refractivity contribution in [3.05, 3.63) is 117 Å². The van der Waals surface area contributed by atoms with Crippen LogP contribution in [0.1, 0.15) is 144 Å².